The fourth-order valence-corrected chi connectivity index (χ4v) is 3.57. The van der Waals surface area contributed by atoms with E-state index in [1.54, 1.807) is 4.90 Å². The third-order valence-corrected chi connectivity index (χ3v) is 4.83. The van der Waals surface area contributed by atoms with Gasteiger partial charge in [-0.05, 0) is 53.1 Å². The maximum absolute atomic E-state index is 12.7. The molecule has 2 rings (SSSR count). The molecular formula is C18H30N4O3. The van der Waals surface area contributed by atoms with Gasteiger partial charge >= 0.3 is 0 Å². The van der Waals surface area contributed by atoms with Crippen LogP contribution < -0.4 is 5.73 Å². The van der Waals surface area contributed by atoms with E-state index >= 15 is 0 Å². The maximum Gasteiger partial charge on any atom is 0.270 e. The summed E-state index contributed by atoms with van der Waals surface area (Å²) in [7, 11) is 3.86. The summed E-state index contributed by atoms with van der Waals surface area (Å²) >= 11 is 0. The first-order chi connectivity index (χ1) is 11.7. The molecule has 2 fully saturated rings. The minimum absolute atomic E-state index is 0.000133. The summed E-state index contributed by atoms with van der Waals surface area (Å²) in [6.07, 6.45) is 3.49. The summed E-state index contributed by atoms with van der Waals surface area (Å²) in [6.45, 7) is 3.22. The van der Waals surface area contributed by atoms with E-state index in [0.29, 0.717) is 32.5 Å². The minimum Gasteiger partial charge on any atom is -0.394 e. The molecule has 0 bridgehead atoms. The van der Waals surface area contributed by atoms with Crippen LogP contribution in [0.15, 0.2) is 16.3 Å². The molecule has 7 heteroatoms. The Balaban J connectivity index is 2.05. The Kier molecular flexibility index (Phi) is 6.35. The number of carbonyl (C=O) groups is 2. The zero-order chi connectivity index (χ0) is 18.6. The topological polar surface area (TPSA) is 99.2 Å². The van der Waals surface area contributed by atoms with Crippen molar-refractivity contribution in [2.24, 2.45) is 10.7 Å². The van der Waals surface area contributed by atoms with Crippen molar-refractivity contribution in [2.45, 2.75) is 44.6 Å². The number of ketones is 1. The Morgan fingerprint density at radius 2 is 1.92 bits per heavy atom. The fourth-order valence-electron chi connectivity index (χ4n) is 3.57. The lowest BCUT2D eigenvalue weighted by Crippen LogP contribution is -2.51. The molecule has 1 aliphatic heterocycles. The van der Waals surface area contributed by atoms with E-state index in [4.69, 9.17) is 5.73 Å². The SMILES string of the molecule is CC(=O)CN=C1CCC/C1=C(/N)C(=O)N1CCC(O)(CN(C)C)CC1. The monoisotopic (exact) mass is 350 g/mol. The second kappa shape index (κ2) is 8.10. The number of hydrogen-bond acceptors (Lipinski definition) is 6. The molecule has 7 nitrogen and oxygen atoms in total. The van der Waals surface area contributed by atoms with Gasteiger partial charge in [-0.3, -0.25) is 14.6 Å². The molecule has 0 radical (unpaired) electrons. The van der Waals surface area contributed by atoms with Crippen LogP contribution in [0.25, 0.3) is 0 Å². The lowest BCUT2D eigenvalue weighted by molar-refractivity contribution is -0.131. The molecule has 140 valence electrons. The molecule has 0 aromatic carbocycles. The molecule has 1 saturated carbocycles. The van der Waals surface area contributed by atoms with Gasteiger partial charge in [0.1, 0.15) is 5.70 Å². The zero-order valence-corrected chi connectivity index (χ0v) is 15.5. The number of likely N-dealkylation sites (tertiary alicyclic amines) is 1. The fraction of sp³-hybridized carbons (Fsp3) is 0.722. The number of aliphatic hydroxyl groups is 1. The predicted molar refractivity (Wildman–Crippen MR) is 97.4 cm³/mol. The average Bonchev–Trinajstić information content (AvgIpc) is 2.99. The molecular weight excluding hydrogens is 320 g/mol. The Bertz CT molecular complexity index is 587. The number of Topliss-reactive ketones (excluding diaryl/α,β-unsaturated/α-hetero) is 1. The van der Waals surface area contributed by atoms with Gasteiger partial charge in [0.05, 0.1) is 12.1 Å². The molecule has 0 aromatic heterocycles. The molecule has 1 aliphatic carbocycles. The van der Waals surface area contributed by atoms with E-state index in [0.717, 1.165) is 30.5 Å². The number of aliphatic imine (C=N–C) groups is 1. The number of rotatable bonds is 5. The van der Waals surface area contributed by atoms with E-state index in [9.17, 15) is 14.7 Å². The molecule has 0 aromatic rings. The summed E-state index contributed by atoms with van der Waals surface area (Å²) < 4.78 is 0. The predicted octanol–water partition coefficient (Wildman–Crippen LogP) is 0.328. The Labute approximate surface area is 149 Å². The van der Waals surface area contributed by atoms with Gasteiger partial charge in [-0.2, -0.15) is 0 Å². The molecule has 2 aliphatic rings. The van der Waals surface area contributed by atoms with Crippen LogP contribution in [-0.2, 0) is 9.59 Å². The molecule has 0 spiro atoms. The van der Waals surface area contributed by atoms with Crippen LogP contribution in [0.4, 0.5) is 0 Å². The van der Waals surface area contributed by atoms with Gasteiger partial charge in [0, 0.05) is 30.9 Å². The first kappa shape index (κ1) is 19.6. The van der Waals surface area contributed by atoms with Gasteiger partial charge in [-0.25, -0.2) is 0 Å². The van der Waals surface area contributed by atoms with E-state index < -0.39 is 5.60 Å². The second-order valence-electron chi connectivity index (χ2n) is 7.47. The van der Waals surface area contributed by atoms with Gasteiger partial charge in [-0.1, -0.05) is 0 Å². The highest BCUT2D eigenvalue weighted by Gasteiger charge is 2.35. The van der Waals surface area contributed by atoms with Crippen LogP contribution in [-0.4, -0.2) is 78.2 Å². The van der Waals surface area contributed by atoms with E-state index in [-0.39, 0.29) is 23.9 Å². The summed E-state index contributed by atoms with van der Waals surface area (Å²) in [5.41, 5.74) is 7.24. The first-order valence-corrected chi connectivity index (χ1v) is 8.90. The van der Waals surface area contributed by atoms with Crippen molar-refractivity contribution in [3.8, 4) is 0 Å². The van der Waals surface area contributed by atoms with E-state index in [1.807, 2.05) is 19.0 Å². The van der Waals surface area contributed by atoms with Crippen LogP contribution in [0, 0.1) is 0 Å². The van der Waals surface area contributed by atoms with Gasteiger partial charge in [0.2, 0.25) is 0 Å². The Morgan fingerprint density at radius 1 is 1.28 bits per heavy atom. The van der Waals surface area contributed by atoms with Crippen molar-refractivity contribution >= 4 is 17.4 Å². The smallest absolute Gasteiger partial charge is 0.270 e. The molecule has 3 N–H and O–H groups in total. The minimum atomic E-state index is -0.746. The summed E-state index contributed by atoms with van der Waals surface area (Å²) in [5.74, 6) is -0.181. The number of carbonyl (C=O) groups excluding carboxylic acids is 2. The number of hydrogen-bond donors (Lipinski definition) is 2. The molecule has 1 amide bonds. The van der Waals surface area contributed by atoms with Crippen LogP contribution >= 0.6 is 0 Å². The van der Waals surface area contributed by atoms with Crippen molar-refractivity contribution in [2.75, 3.05) is 40.3 Å². The van der Waals surface area contributed by atoms with Crippen molar-refractivity contribution in [3.63, 3.8) is 0 Å². The number of nitrogens with two attached hydrogens (primary N) is 1. The van der Waals surface area contributed by atoms with Crippen LogP contribution in [0.2, 0.25) is 0 Å². The standard InChI is InChI=1S/C18H30N4O3/c1-13(23)11-20-15-6-4-5-14(15)16(19)17(24)22-9-7-18(25,8-10-22)12-21(2)3/h25H,4-12,19H2,1-3H3/b16-14-,20-15?. The number of piperidine rings is 1. The number of amides is 1. The van der Waals surface area contributed by atoms with Crippen LogP contribution in [0.3, 0.4) is 0 Å². The van der Waals surface area contributed by atoms with Crippen molar-refractivity contribution in [1.29, 1.82) is 0 Å². The second-order valence-corrected chi connectivity index (χ2v) is 7.47. The highest BCUT2D eigenvalue weighted by atomic mass is 16.3. The zero-order valence-electron chi connectivity index (χ0n) is 15.5. The summed E-state index contributed by atoms with van der Waals surface area (Å²) in [4.78, 5) is 31.9. The lowest BCUT2D eigenvalue weighted by Gasteiger charge is -2.39. The average molecular weight is 350 g/mol. The Hall–Kier alpha value is -1.73. The molecule has 0 unspecified atom stereocenters. The lowest BCUT2D eigenvalue weighted by atomic mass is 9.90. The van der Waals surface area contributed by atoms with Crippen LogP contribution in [0.5, 0.6) is 0 Å². The summed E-state index contributed by atoms with van der Waals surface area (Å²) in [5, 5.41) is 10.6. The quantitative estimate of drug-likeness (QED) is 0.696. The number of allylic oxidation sites excluding steroid dienone is 1. The third kappa shape index (κ3) is 5.12. The third-order valence-electron chi connectivity index (χ3n) is 4.83. The maximum atomic E-state index is 12.7. The molecule has 1 saturated heterocycles. The molecule has 25 heavy (non-hydrogen) atoms. The number of likely N-dealkylation sites (N-methyl/N-ethyl adjacent to an activating group) is 1. The van der Waals surface area contributed by atoms with Crippen molar-refractivity contribution in [3.05, 3.63) is 11.3 Å². The van der Waals surface area contributed by atoms with Gasteiger partial charge < -0.3 is 20.6 Å². The molecule has 1 heterocycles. The number of nitrogens with zero attached hydrogens (tertiary/aromatic N) is 3. The normalized spacial score (nSPS) is 24.0. The van der Waals surface area contributed by atoms with Crippen molar-refractivity contribution < 1.29 is 14.7 Å². The van der Waals surface area contributed by atoms with E-state index in [2.05, 4.69) is 4.99 Å². The highest BCUT2D eigenvalue weighted by Crippen LogP contribution is 2.27. The largest absolute Gasteiger partial charge is 0.394 e. The van der Waals surface area contributed by atoms with Crippen molar-refractivity contribution in [1.82, 2.24) is 9.80 Å². The highest BCUT2D eigenvalue weighted by molar-refractivity contribution is 6.09. The first-order valence-electron chi connectivity index (χ1n) is 8.90. The van der Waals surface area contributed by atoms with Crippen LogP contribution in [0.1, 0.15) is 39.0 Å². The van der Waals surface area contributed by atoms with Gasteiger partial charge in [-0.15, -0.1) is 0 Å². The van der Waals surface area contributed by atoms with Gasteiger partial charge in [0.25, 0.3) is 5.91 Å². The molecule has 0 atom stereocenters. The van der Waals surface area contributed by atoms with Gasteiger partial charge in [0.15, 0.2) is 5.78 Å². The van der Waals surface area contributed by atoms with E-state index in [1.165, 1.54) is 6.92 Å². The Morgan fingerprint density at radius 3 is 2.48 bits per heavy atom. The summed E-state index contributed by atoms with van der Waals surface area (Å²) in [6, 6.07) is 0.